The molecule has 0 aromatic rings. The van der Waals surface area contributed by atoms with E-state index < -0.39 is 6.10 Å². The third kappa shape index (κ3) is 52.0. The van der Waals surface area contributed by atoms with Gasteiger partial charge in [-0.05, 0) is 89.9 Å². The number of unbranched alkanes of at least 4 members (excludes halogenated alkanes) is 27. The van der Waals surface area contributed by atoms with Gasteiger partial charge in [-0.15, -0.1) is 0 Å². The molecule has 0 radical (unpaired) electrons. The van der Waals surface area contributed by atoms with Gasteiger partial charge in [-0.3, -0.25) is 9.59 Å². The van der Waals surface area contributed by atoms with Crippen LogP contribution >= 0.6 is 0 Å². The van der Waals surface area contributed by atoms with Crippen LogP contribution in [0.4, 0.5) is 0 Å². The standard InChI is InChI=1S/C59H104O5/c1-4-7-10-13-16-19-22-25-28-29-30-31-33-34-37-40-43-46-49-52-58(60)63-56-57(55-62-54-51-48-45-42-39-36-27-24-21-18-15-12-9-6-3)64-59(61)53-50-47-44-41-38-35-32-26-23-20-17-14-11-8-5-2/h8,11,16-17,19-20,25-26,28,32,38,41,57H,4-7,9-10,12-15,18,21-24,27,29-31,33-37,39-40,42-56H2,1-3H3/b11-8-,19-16-,20-17-,28-25-,32-26-,41-38-. The van der Waals surface area contributed by atoms with Crippen LogP contribution in [0.1, 0.15) is 265 Å². The maximum Gasteiger partial charge on any atom is 0.306 e. The van der Waals surface area contributed by atoms with E-state index in [1.165, 1.54) is 148 Å². The zero-order chi connectivity index (χ0) is 46.3. The molecule has 0 N–H and O–H groups in total. The van der Waals surface area contributed by atoms with Crippen LogP contribution in [0.5, 0.6) is 0 Å². The molecule has 0 rings (SSSR count). The van der Waals surface area contributed by atoms with Gasteiger partial charge in [0.05, 0.1) is 6.61 Å². The van der Waals surface area contributed by atoms with Gasteiger partial charge in [0, 0.05) is 19.4 Å². The Morgan fingerprint density at radius 1 is 0.359 bits per heavy atom. The Hall–Kier alpha value is -2.66. The van der Waals surface area contributed by atoms with Gasteiger partial charge in [0.2, 0.25) is 0 Å². The highest BCUT2D eigenvalue weighted by Gasteiger charge is 2.17. The van der Waals surface area contributed by atoms with Crippen LogP contribution in [0.2, 0.25) is 0 Å². The van der Waals surface area contributed by atoms with E-state index in [1.807, 2.05) is 0 Å². The molecule has 0 fully saturated rings. The number of carbonyl (C=O) groups is 2. The highest BCUT2D eigenvalue weighted by Crippen LogP contribution is 2.15. The summed E-state index contributed by atoms with van der Waals surface area (Å²) in [7, 11) is 0. The molecule has 0 heterocycles. The van der Waals surface area contributed by atoms with E-state index in [1.54, 1.807) is 0 Å². The number of carbonyl (C=O) groups excluding carboxylic acids is 2. The van der Waals surface area contributed by atoms with E-state index in [0.29, 0.717) is 19.4 Å². The summed E-state index contributed by atoms with van der Waals surface area (Å²) in [6.45, 7) is 7.67. The molecule has 64 heavy (non-hydrogen) atoms. The fourth-order valence-electron chi connectivity index (χ4n) is 7.65. The Kier molecular flexibility index (Phi) is 52.4. The third-order valence-corrected chi connectivity index (χ3v) is 11.7. The molecular weight excluding hydrogens is 789 g/mol. The summed E-state index contributed by atoms with van der Waals surface area (Å²) in [6, 6.07) is 0. The van der Waals surface area contributed by atoms with Crippen molar-refractivity contribution >= 4 is 11.9 Å². The van der Waals surface area contributed by atoms with Crippen molar-refractivity contribution in [2.75, 3.05) is 19.8 Å². The predicted octanol–water partition coefficient (Wildman–Crippen LogP) is 18.7. The number of hydrogen-bond donors (Lipinski definition) is 0. The Labute approximate surface area is 397 Å². The number of allylic oxidation sites excluding steroid dienone is 12. The number of ether oxygens (including phenoxy) is 3. The van der Waals surface area contributed by atoms with Crippen molar-refractivity contribution in [3.63, 3.8) is 0 Å². The van der Waals surface area contributed by atoms with Gasteiger partial charge in [-0.1, -0.05) is 235 Å². The topological polar surface area (TPSA) is 61.8 Å². The quantitative estimate of drug-likeness (QED) is 0.0346. The second kappa shape index (κ2) is 54.7. The first kappa shape index (κ1) is 61.3. The highest BCUT2D eigenvalue weighted by atomic mass is 16.6. The third-order valence-electron chi connectivity index (χ3n) is 11.7. The first-order valence-corrected chi connectivity index (χ1v) is 27.5. The monoisotopic (exact) mass is 893 g/mol. The molecule has 5 heteroatoms. The summed E-state index contributed by atoms with van der Waals surface area (Å²) >= 11 is 0. The van der Waals surface area contributed by atoms with Crippen molar-refractivity contribution in [3.05, 3.63) is 72.9 Å². The summed E-state index contributed by atoms with van der Waals surface area (Å²) in [5, 5.41) is 0. The predicted molar refractivity (Wildman–Crippen MR) is 279 cm³/mol. The molecule has 1 unspecified atom stereocenters. The lowest BCUT2D eigenvalue weighted by atomic mass is 10.0. The molecule has 0 bridgehead atoms. The van der Waals surface area contributed by atoms with Crippen molar-refractivity contribution in [1.82, 2.24) is 0 Å². The van der Waals surface area contributed by atoms with Crippen LogP contribution in [-0.4, -0.2) is 37.9 Å². The van der Waals surface area contributed by atoms with E-state index in [4.69, 9.17) is 14.2 Å². The minimum absolute atomic E-state index is 0.0667. The average Bonchev–Trinajstić information content (AvgIpc) is 3.30. The van der Waals surface area contributed by atoms with Gasteiger partial charge in [0.15, 0.2) is 6.10 Å². The Morgan fingerprint density at radius 3 is 1.19 bits per heavy atom. The zero-order valence-corrected chi connectivity index (χ0v) is 42.5. The maximum atomic E-state index is 12.8. The Morgan fingerprint density at radius 2 is 0.703 bits per heavy atom. The molecule has 370 valence electrons. The van der Waals surface area contributed by atoms with Gasteiger partial charge in [0.1, 0.15) is 6.61 Å². The van der Waals surface area contributed by atoms with Crippen LogP contribution in [-0.2, 0) is 23.8 Å². The highest BCUT2D eigenvalue weighted by molar-refractivity contribution is 5.70. The van der Waals surface area contributed by atoms with E-state index in [9.17, 15) is 9.59 Å². The number of rotatable bonds is 50. The van der Waals surface area contributed by atoms with Crippen molar-refractivity contribution in [3.8, 4) is 0 Å². The molecule has 0 spiro atoms. The lowest BCUT2D eigenvalue weighted by Gasteiger charge is -2.18. The Balaban J connectivity index is 4.30. The fourth-order valence-corrected chi connectivity index (χ4v) is 7.65. The number of esters is 2. The molecule has 0 aliphatic rings. The van der Waals surface area contributed by atoms with E-state index in [0.717, 1.165) is 83.5 Å². The Bertz CT molecular complexity index is 1150. The largest absolute Gasteiger partial charge is 0.462 e. The van der Waals surface area contributed by atoms with E-state index in [2.05, 4.69) is 93.7 Å². The molecular formula is C59H104O5. The average molecular weight is 893 g/mol. The lowest BCUT2D eigenvalue weighted by Crippen LogP contribution is -2.30. The van der Waals surface area contributed by atoms with Gasteiger partial charge in [-0.25, -0.2) is 0 Å². The van der Waals surface area contributed by atoms with E-state index in [-0.39, 0.29) is 25.2 Å². The minimum atomic E-state index is -0.560. The van der Waals surface area contributed by atoms with Gasteiger partial charge in [-0.2, -0.15) is 0 Å². The second-order valence-corrected chi connectivity index (χ2v) is 18.1. The summed E-state index contributed by atoms with van der Waals surface area (Å²) in [5.74, 6) is -0.442. The molecule has 0 saturated heterocycles. The molecule has 0 aromatic carbocycles. The van der Waals surface area contributed by atoms with Crippen LogP contribution in [0.25, 0.3) is 0 Å². The van der Waals surface area contributed by atoms with Crippen molar-refractivity contribution in [1.29, 1.82) is 0 Å². The molecule has 0 saturated carbocycles. The fraction of sp³-hybridized carbons (Fsp3) is 0.763. The first-order valence-electron chi connectivity index (χ1n) is 27.5. The maximum absolute atomic E-state index is 12.8. The van der Waals surface area contributed by atoms with Crippen LogP contribution in [0.15, 0.2) is 72.9 Å². The zero-order valence-electron chi connectivity index (χ0n) is 42.5. The molecule has 0 aliphatic carbocycles. The van der Waals surface area contributed by atoms with Crippen molar-refractivity contribution in [2.24, 2.45) is 0 Å². The van der Waals surface area contributed by atoms with Gasteiger partial charge >= 0.3 is 11.9 Å². The molecule has 0 amide bonds. The van der Waals surface area contributed by atoms with E-state index >= 15 is 0 Å². The smallest absolute Gasteiger partial charge is 0.306 e. The number of hydrogen-bond acceptors (Lipinski definition) is 5. The lowest BCUT2D eigenvalue weighted by molar-refractivity contribution is -0.163. The van der Waals surface area contributed by atoms with Crippen molar-refractivity contribution < 1.29 is 23.8 Å². The van der Waals surface area contributed by atoms with Gasteiger partial charge in [0.25, 0.3) is 0 Å². The molecule has 1 atom stereocenters. The minimum Gasteiger partial charge on any atom is -0.462 e. The van der Waals surface area contributed by atoms with Crippen LogP contribution < -0.4 is 0 Å². The van der Waals surface area contributed by atoms with Crippen molar-refractivity contribution in [2.45, 2.75) is 271 Å². The first-order chi connectivity index (χ1) is 31.6. The molecule has 5 nitrogen and oxygen atoms in total. The van der Waals surface area contributed by atoms with Gasteiger partial charge < -0.3 is 14.2 Å². The van der Waals surface area contributed by atoms with Crippen LogP contribution in [0.3, 0.4) is 0 Å². The van der Waals surface area contributed by atoms with Crippen LogP contribution in [0, 0.1) is 0 Å². The second-order valence-electron chi connectivity index (χ2n) is 18.1. The summed E-state index contributed by atoms with van der Waals surface area (Å²) < 4.78 is 17.4. The summed E-state index contributed by atoms with van der Waals surface area (Å²) in [4.78, 5) is 25.4. The molecule has 0 aromatic heterocycles. The molecule has 0 aliphatic heterocycles. The summed E-state index contributed by atoms with van der Waals surface area (Å²) in [6.07, 6.45) is 70.6. The SMILES string of the molecule is CC/C=C\C/C=C\C/C=C\C/C=C\CCCCC(=O)OC(COCCCCCCCCCCCCCCCC)COC(=O)CCCCCCCCCCC/C=C\C/C=C\CCCCC. The summed E-state index contributed by atoms with van der Waals surface area (Å²) in [5.41, 5.74) is 0. The normalized spacial score (nSPS) is 12.7.